The maximum Gasteiger partial charge on any atom is 0.264 e. The van der Waals surface area contributed by atoms with Crippen LogP contribution in [0.25, 0.3) is 17.0 Å². The van der Waals surface area contributed by atoms with Crippen LogP contribution in [0.15, 0.2) is 77.4 Å². The second-order valence-electron chi connectivity index (χ2n) is 6.44. The van der Waals surface area contributed by atoms with E-state index in [1.807, 2.05) is 66.8 Å². The van der Waals surface area contributed by atoms with Gasteiger partial charge >= 0.3 is 0 Å². The van der Waals surface area contributed by atoms with Crippen LogP contribution in [0, 0.1) is 5.41 Å². The molecule has 2 aromatic carbocycles. The Balaban J connectivity index is 1.87. The largest absolute Gasteiger partial charge is 0.439 e. The zero-order valence-corrected chi connectivity index (χ0v) is 16.5. The zero-order valence-electron chi connectivity index (χ0n) is 15.7. The summed E-state index contributed by atoms with van der Waals surface area (Å²) < 4.78 is 36.6. The number of anilines is 1. The molecule has 0 unspecified atom stereocenters. The standard InChI is InChI=1S/C22H22N2O4S/c23-22-20(13-8-16-29(25,26)27)18(19-12-4-5-14-21(19)28-22)11-6-7-15-24-17-9-2-1-3-10-17/h1-7,9-12,14-15,23-24H,8,13,16H2,(H,25,26,27)/b11-6+,15-7+,23-22?. The molecule has 150 valence electrons. The summed E-state index contributed by atoms with van der Waals surface area (Å²) in [4.78, 5) is 0. The van der Waals surface area contributed by atoms with Gasteiger partial charge in [-0.15, -0.1) is 0 Å². The highest BCUT2D eigenvalue weighted by Crippen LogP contribution is 2.22. The number of hydrogen-bond donors (Lipinski definition) is 3. The Labute approximate surface area is 169 Å². The first-order valence-electron chi connectivity index (χ1n) is 9.13. The fourth-order valence-electron chi connectivity index (χ4n) is 2.99. The van der Waals surface area contributed by atoms with Crippen molar-refractivity contribution in [3.05, 3.63) is 89.6 Å². The van der Waals surface area contributed by atoms with Crippen molar-refractivity contribution in [1.29, 1.82) is 5.41 Å². The molecule has 0 saturated carbocycles. The van der Waals surface area contributed by atoms with Crippen LogP contribution in [-0.4, -0.2) is 18.7 Å². The summed E-state index contributed by atoms with van der Waals surface area (Å²) in [6, 6.07) is 17.2. The summed E-state index contributed by atoms with van der Waals surface area (Å²) in [5.74, 6) is -0.358. The highest BCUT2D eigenvalue weighted by atomic mass is 32.2. The molecule has 6 nitrogen and oxygen atoms in total. The summed E-state index contributed by atoms with van der Waals surface area (Å²) in [6.45, 7) is 0. The number of benzene rings is 2. The van der Waals surface area contributed by atoms with Crippen molar-refractivity contribution in [3.63, 3.8) is 0 Å². The fraction of sp³-hybridized carbons (Fsp3) is 0.136. The highest BCUT2D eigenvalue weighted by Gasteiger charge is 2.12. The van der Waals surface area contributed by atoms with Gasteiger partial charge in [0.25, 0.3) is 10.1 Å². The van der Waals surface area contributed by atoms with Crippen LogP contribution in [-0.2, 0) is 16.5 Å². The first-order valence-corrected chi connectivity index (χ1v) is 10.7. The van der Waals surface area contributed by atoms with Crippen LogP contribution >= 0.6 is 0 Å². The Morgan fingerprint density at radius 2 is 1.76 bits per heavy atom. The number of nitrogens with one attached hydrogen (secondary N) is 2. The molecule has 0 radical (unpaired) electrons. The first-order chi connectivity index (χ1) is 13.9. The quantitative estimate of drug-likeness (QED) is 0.378. The Hall–Kier alpha value is -3.16. The number of hydrogen-bond acceptors (Lipinski definition) is 5. The molecule has 0 fully saturated rings. The molecular weight excluding hydrogens is 388 g/mol. The Kier molecular flexibility index (Phi) is 6.64. The molecule has 0 aliphatic carbocycles. The minimum atomic E-state index is -4.04. The molecule has 3 aromatic rings. The van der Waals surface area contributed by atoms with Gasteiger partial charge in [-0.05, 0) is 42.7 Å². The monoisotopic (exact) mass is 410 g/mol. The normalized spacial score (nSPS) is 12.2. The van der Waals surface area contributed by atoms with Gasteiger partial charge in [0.2, 0.25) is 5.55 Å². The first kappa shape index (κ1) is 20.6. The third-order valence-corrected chi connectivity index (χ3v) is 5.12. The van der Waals surface area contributed by atoms with E-state index in [2.05, 4.69) is 5.32 Å². The lowest BCUT2D eigenvalue weighted by atomic mass is 10.0. The number of fused-ring (bicyclic) bond motifs is 1. The molecule has 0 aliphatic heterocycles. The van der Waals surface area contributed by atoms with Crippen molar-refractivity contribution in [2.24, 2.45) is 0 Å². The van der Waals surface area contributed by atoms with Gasteiger partial charge in [0.05, 0.1) is 5.75 Å². The predicted octanol–water partition coefficient (Wildman–Crippen LogP) is 4.37. The van der Waals surface area contributed by atoms with Gasteiger partial charge in [0, 0.05) is 22.8 Å². The van der Waals surface area contributed by atoms with Gasteiger partial charge in [0.15, 0.2) is 0 Å². The Bertz CT molecular complexity index is 1200. The van der Waals surface area contributed by atoms with E-state index in [0.29, 0.717) is 17.6 Å². The molecule has 0 bridgehead atoms. The maximum absolute atomic E-state index is 11.0. The molecule has 0 aliphatic rings. The SMILES string of the molecule is N=c1oc2ccccc2c(/C=C/C=C/Nc2ccccc2)c1CCCS(=O)(=O)O. The van der Waals surface area contributed by atoms with Crippen LogP contribution in [0.1, 0.15) is 17.5 Å². The summed E-state index contributed by atoms with van der Waals surface area (Å²) in [5, 5.41) is 12.2. The minimum Gasteiger partial charge on any atom is -0.439 e. The van der Waals surface area contributed by atoms with Crippen molar-refractivity contribution < 1.29 is 17.4 Å². The Morgan fingerprint density at radius 3 is 2.52 bits per heavy atom. The van der Waals surface area contributed by atoms with Gasteiger partial charge in [0.1, 0.15) is 5.58 Å². The van der Waals surface area contributed by atoms with Crippen molar-refractivity contribution >= 4 is 32.9 Å². The Morgan fingerprint density at radius 1 is 1.03 bits per heavy atom. The van der Waals surface area contributed by atoms with Crippen LogP contribution < -0.4 is 10.9 Å². The van der Waals surface area contributed by atoms with Crippen molar-refractivity contribution in [1.82, 2.24) is 0 Å². The van der Waals surface area contributed by atoms with Crippen molar-refractivity contribution in [2.75, 3.05) is 11.1 Å². The van der Waals surface area contributed by atoms with Crippen molar-refractivity contribution in [3.8, 4) is 0 Å². The highest BCUT2D eigenvalue weighted by molar-refractivity contribution is 7.85. The smallest absolute Gasteiger partial charge is 0.264 e. The van der Waals surface area contributed by atoms with E-state index in [1.54, 1.807) is 12.3 Å². The minimum absolute atomic E-state index is 0.00919. The van der Waals surface area contributed by atoms with Crippen LogP contribution in [0.5, 0.6) is 0 Å². The molecule has 0 atom stereocenters. The average molecular weight is 410 g/mol. The third-order valence-electron chi connectivity index (χ3n) is 4.31. The van der Waals surface area contributed by atoms with E-state index in [4.69, 9.17) is 14.4 Å². The van der Waals surface area contributed by atoms with Gasteiger partial charge in [-0.1, -0.05) is 48.6 Å². The second-order valence-corrected chi connectivity index (χ2v) is 8.01. The maximum atomic E-state index is 11.0. The topological polar surface area (TPSA) is 103 Å². The molecule has 29 heavy (non-hydrogen) atoms. The number of allylic oxidation sites excluding steroid dienone is 2. The van der Waals surface area contributed by atoms with E-state index in [9.17, 15) is 8.42 Å². The number of rotatable bonds is 8. The van der Waals surface area contributed by atoms with Gasteiger partial charge < -0.3 is 9.73 Å². The van der Waals surface area contributed by atoms with Crippen LogP contribution in [0.3, 0.4) is 0 Å². The molecule has 7 heteroatoms. The second kappa shape index (κ2) is 9.36. The van der Waals surface area contributed by atoms with Gasteiger partial charge in [-0.3, -0.25) is 9.96 Å². The average Bonchev–Trinajstić information content (AvgIpc) is 2.69. The number of para-hydroxylation sites is 2. The predicted molar refractivity (Wildman–Crippen MR) is 115 cm³/mol. The molecule has 1 heterocycles. The molecule has 0 saturated heterocycles. The zero-order chi connectivity index (χ0) is 20.7. The molecule has 1 aromatic heterocycles. The van der Waals surface area contributed by atoms with E-state index in [0.717, 1.165) is 16.6 Å². The lowest BCUT2D eigenvalue weighted by Crippen LogP contribution is -2.13. The summed E-state index contributed by atoms with van der Waals surface area (Å²) >= 11 is 0. The lowest BCUT2D eigenvalue weighted by Gasteiger charge is -2.09. The van der Waals surface area contributed by atoms with Crippen molar-refractivity contribution in [2.45, 2.75) is 12.8 Å². The van der Waals surface area contributed by atoms with Crippen LogP contribution in [0.2, 0.25) is 0 Å². The third kappa shape index (κ3) is 5.91. The van der Waals surface area contributed by atoms with E-state index >= 15 is 0 Å². The molecular formula is C22H22N2O4S. The summed E-state index contributed by atoms with van der Waals surface area (Å²) in [5.41, 5.74) is 2.96. The molecule has 0 amide bonds. The van der Waals surface area contributed by atoms with E-state index < -0.39 is 10.1 Å². The van der Waals surface area contributed by atoms with Gasteiger partial charge in [-0.2, -0.15) is 8.42 Å². The molecule has 3 rings (SSSR count). The molecule has 0 spiro atoms. The van der Waals surface area contributed by atoms with Gasteiger partial charge in [-0.25, -0.2) is 0 Å². The van der Waals surface area contributed by atoms with Crippen LogP contribution in [0.4, 0.5) is 5.69 Å². The summed E-state index contributed by atoms with van der Waals surface area (Å²) in [7, 11) is -4.04. The lowest BCUT2D eigenvalue weighted by molar-refractivity contribution is 0.479. The van der Waals surface area contributed by atoms with E-state index in [1.165, 1.54) is 0 Å². The molecule has 3 N–H and O–H groups in total. The fourth-order valence-corrected chi connectivity index (χ4v) is 3.50. The van der Waals surface area contributed by atoms with E-state index in [-0.39, 0.29) is 17.7 Å². The summed E-state index contributed by atoms with van der Waals surface area (Å²) in [6.07, 6.45) is 7.88.